The molecule has 0 unspecified atom stereocenters. The van der Waals surface area contributed by atoms with Gasteiger partial charge in [-0.15, -0.1) is 0 Å². The van der Waals surface area contributed by atoms with Crippen LogP contribution in [0.2, 0.25) is 0 Å². The predicted molar refractivity (Wildman–Crippen MR) is 74.8 cm³/mol. The third-order valence-electron chi connectivity index (χ3n) is 4.43. The van der Waals surface area contributed by atoms with Gasteiger partial charge in [0.15, 0.2) is 5.79 Å². The molecule has 3 rings (SSSR count). The third-order valence-corrected chi connectivity index (χ3v) is 4.43. The quantitative estimate of drug-likeness (QED) is 0.933. The number of halogens is 2. The average molecular weight is 311 g/mol. The average Bonchev–Trinajstić information content (AvgIpc) is 2.95. The number of carbonyl (C=O) groups excluding carboxylic acids is 1. The van der Waals surface area contributed by atoms with E-state index in [1.807, 2.05) is 0 Å². The molecule has 1 aliphatic carbocycles. The Morgan fingerprint density at radius 1 is 1.18 bits per heavy atom. The van der Waals surface area contributed by atoms with Crippen LogP contribution in [0.3, 0.4) is 0 Å². The summed E-state index contributed by atoms with van der Waals surface area (Å²) in [5, 5.41) is 2.63. The summed E-state index contributed by atoms with van der Waals surface area (Å²) >= 11 is 0. The fourth-order valence-corrected chi connectivity index (χ4v) is 3.13. The topological polar surface area (TPSA) is 47.6 Å². The molecule has 2 aliphatic rings. The number of amides is 1. The molecule has 0 atom stereocenters. The number of carbonyl (C=O) groups is 1. The minimum Gasteiger partial charge on any atom is -0.352 e. The Balaban J connectivity index is 1.53. The van der Waals surface area contributed by atoms with Crippen molar-refractivity contribution >= 4 is 5.91 Å². The fraction of sp³-hybridized carbons (Fsp3) is 0.562. The lowest BCUT2D eigenvalue weighted by Gasteiger charge is -2.34. The van der Waals surface area contributed by atoms with E-state index in [0.29, 0.717) is 38.9 Å². The Kier molecular flexibility index (Phi) is 4.40. The largest absolute Gasteiger partial charge is 0.352 e. The standard InChI is InChI=1S/C16H19F2NO3/c17-13-2-1-3-14(18)12(13)10-19-15(20)11-4-6-16(7-5-11)21-8-9-22-16/h1-3,11H,4-10H2,(H,19,20). The zero-order chi connectivity index (χ0) is 15.6. The second-order valence-electron chi connectivity index (χ2n) is 5.80. The van der Waals surface area contributed by atoms with E-state index in [1.54, 1.807) is 0 Å². The van der Waals surface area contributed by atoms with Gasteiger partial charge in [0.1, 0.15) is 11.6 Å². The summed E-state index contributed by atoms with van der Waals surface area (Å²) in [5.74, 6) is -2.12. The van der Waals surface area contributed by atoms with Crippen molar-refractivity contribution in [3.8, 4) is 0 Å². The van der Waals surface area contributed by atoms with E-state index >= 15 is 0 Å². The zero-order valence-electron chi connectivity index (χ0n) is 12.2. The van der Waals surface area contributed by atoms with Crippen molar-refractivity contribution in [3.63, 3.8) is 0 Å². The summed E-state index contributed by atoms with van der Waals surface area (Å²) in [4.78, 5) is 12.2. The maximum Gasteiger partial charge on any atom is 0.223 e. The van der Waals surface area contributed by atoms with Crippen LogP contribution in [0.15, 0.2) is 18.2 Å². The molecule has 1 saturated carbocycles. The van der Waals surface area contributed by atoms with Crippen molar-refractivity contribution in [2.24, 2.45) is 5.92 Å². The van der Waals surface area contributed by atoms with E-state index < -0.39 is 17.4 Å². The first-order chi connectivity index (χ1) is 10.6. The van der Waals surface area contributed by atoms with Crippen molar-refractivity contribution in [3.05, 3.63) is 35.4 Å². The fourth-order valence-electron chi connectivity index (χ4n) is 3.13. The van der Waals surface area contributed by atoms with Crippen LogP contribution in [-0.4, -0.2) is 24.9 Å². The summed E-state index contributed by atoms with van der Waals surface area (Å²) in [5.41, 5.74) is -0.106. The van der Waals surface area contributed by atoms with Crippen LogP contribution in [-0.2, 0) is 20.8 Å². The van der Waals surface area contributed by atoms with Gasteiger partial charge in [0.2, 0.25) is 5.91 Å². The molecule has 1 aromatic rings. The number of rotatable bonds is 3. The maximum absolute atomic E-state index is 13.5. The molecule has 1 heterocycles. The summed E-state index contributed by atoms with van der Waals surface area (Å²) < 4.78 is 38.3. The molecule has 4 nitrogen and oxygen atoms in total. The van der Waals surface area contributed by atoms with Gasteiger partial charge < -0.3 is 14.8 Å². The summed E-state index contributed by atoms with van der Waals surface area (Å²) in [7, 11) is 0. The lowest BCUT2D eigenvalue weighted by Crippen LogP contribution is -2.40. The van der Waals surface area contributed by atoms with Gasteiger partial charge in [-0.05, 0) is 25.0 Å². The van der Waals surface area contributed by atoms with Crippen LogP contribution in [0.5, 0.6) is 0 Å². The Bertz CT molecular complexity index is 528. The molecule has 1 aliphatic heterocycles. The molecule has 2 fully saturated rings. The van der Waals surface area contributed by atoms with Gasteiger partial charge in [-0.2, -0.15) is 0 Å². The highest BCUT2D eigenvalue weighted by Gasteiger charge is 2.41. The number of benzene rings is 1. The minimum absolute atomic E-state index is 0.106. The first-order valence-electron chi connectivity index (χ1n) is 7.58. The van der Waals surface area contributed by atoms with Gasteiger partial charge in [-0.1, -0.05) is 6.07 Å². The molecule has 0 bridgehead atoms. The van der Waals surface area contributed by atoms with E-state index in [4.69, 9.17) is 9.47 Å². The van der Waals surface area contributed by atoms with E-state index in [-0.39, 0.29) is 23.9 Å². The SMILES string of the molecule is O=C(NCc1c(F)cccc1F)C1CCC2(CC1)OCCO2. The molecular weight excluding hydrogens is 292 g/mol. The monoisotopic (exact) mass is 311 g/mol. The second-order valence-corrected chi connectivity index (χ2v) is 5.80. The third kappa shape index (κ3) is 3.13. The molecule has 1 aromatic carbocycles. The second kappa shape index (κ2) is 6.30. The summed E-state index contributed by atoms with van der Waals surface area (Å²) in [6.45, 7) is 1.07. The molecule has 1 saturated heterocycles. The zero-order valence-corrected chi connectivity index (χ0v) is 12.2. The maximum atomic E-state index is 13.5. The first kappa shape index (κ1) is 15.4. The Hall–Kier alpha value is -1.53. The van der Waals surface area contributed by atoms with Crippen molar-refractivity contribution < 1.29 is 23.0 Å². The number of hydrogen-bond acceptors (Lipinski definition) is 3. The molecule has 6 heteroatoms. The van der Waals surface area contributed by atoms with Crippen molar-refractivity contribution in [1.82, 2.24) is 5.32 Å². The Labute approximate surface area is 127 Å². The van der Waals surface area contributed by atoms with Gasteiger partial charge in [-0.25, -0.2) is 8.78 Å². The molecule has 0 radical (unpaired) electrons. The highest BCUT2D eigenvalue weighted by molar-refractivity contribution is 5.78. The van der Waals surface area contributed by atoms with Crippen LogP contribution in [0.25, 0.3) is 0 Å². The van der Waals surface area contributed by atoms with Crippen LogP contribution < -0.4 is 5.32 Å². The van der Waals surface area contributed by atoms with Crippen molar-refractivity contribution in [2.75, 3.05) is 13.2 Å². The number of ether oxygens (including phenoxy) is 2. The predicted octanol–water partition coefficient (Wildman–Crippen LogP) is 2.51. The van der Waals surface area contributed by atoms with E-state index in [2.05, 4.69) is 5.32 Å². The molecule has 1 amide bonds. The first-order valence-corrected chi connectivity index (χ1v) is 7.58. The number of hydrogen-bond donors (Lipinski definition) is 1. The Morgan fingerprint density at radius 2 is 1.77 bits per heavy atom. The Morgan fingerprint density at radius 3 is 2.36 bits per heavy atom. The van der Waals surface area contributed by atoms with Gasteiger partial charge in [0.05, 0.1) is 13.2 Å². The van der Waals surface area contributed by atoms with Crippen LogP contribution in [0.4, 0.5) is 8.78 Å². The van der Waals surface area contributed by atoms with Crippen molar-refractivity contribution in [2.45, 2.75) is 38.0 Å². The van der Waals surface area contributed by atoms with Crippen LogP contribution in [0, 0.1) is 17.6 Å². The molecule has 0 aromatic heterocycles. The summed E-state index contributed by atoms with van der Waals surface area (Å²) in [6.07, 6.45) is 2.68. The lowest BCUT2D eigenvalue weighted by atomic mass is 9.84. The smallest absolute Gasteiger partial charge is 0.223 e. The number of nitrogens with one attached hydrogen (secondary N) is 1. The van der Waals surface area contributed by atoms with Gasteiger partial charge in [-0.3, -0.25) is 4.79 Å². The highest BCUT2D eigenvalue weighted by atomic mass is 19.1. The summed E-state index contributed by atoms with van der Waals surface area (Å²) in [6, 6.07) is 3.67. The van der Waals surface area contributed by atoms with Crippen LogP contribution >= 0.6 is 0 Å². The molecule has 1 spiro atoms. The molecular formula is C16H19F2NO3. The van der Waals surface area contributed by atoms with Crippen molar-refractivity contribution in [1.29, 1.82) is 0 Å². The minimum atomic E-state index is -0.643. The van der Waals surface area contributed by atoms with Gasteiger partial charge >= 0.3 is 0 Å². The molecule has 120 valence electrons. The van der Waals surface area contributed by atoms with E-state index in [1.165, 1.54) is 18.2 Å². The van der Waals surface area contributed by atoms with Gasteiger partial charge in [0, 0.05) is 30.9 Å². The lowest BCUT2D eigenvalue weighted by molar-refractivity contribution is -0.183. The highest BCUT2D eigenvalue weighted by Crippen LogP contribution is 2.38. The molecule has 1 N–H and O–H groups in total. The molecule has 22 heavy (non-hydrogen) atoms. The van der Waals surface area contributed by atoms with E-state index in [0.717, 1.165) is 0 Å². The van der Waals surface area contributed by atoms with Crippen LogP contribution in [0.1, 0.15) is 31.2 Å². The normalized spacial score (nSPS) is 21.2. The van der Waals surface area contributed by atoms with Gasteiger partial charge in [0.25, 0.3) is 0 Å². The van der Waals surface area contributed by atoms with E-state index in [9.17, 15) is 13.6 Å².